The Bertz CT molecular complexity index is 357. The Hall–Kier alpha value is -1.62. The van der Waals surface area contributed by atoms with Crippen molar-refractivity contribution in [2.45, 2.75) is 19.8 Å². The van der Waals surface area contributed by atoms with Gasteiger partial charge in [0.1, 0.15) is 0 Å². The molecule has 0 aliphatic heterocycles. The fourth-order valence-electron chi connectivity index (χ4n) is 1.73. The third-order valence-electron chi connectivity index (χ3n) is 2.85. The van der Waals surface area contributed by atoms with Gasteiger partial charge in [0.05, 0.1) is 6.61 Å². The van der Waals surface area contributed by atoms with E-state index in [4.69, 9.17) is 4.74 Å². The second-order valence-electron chi connectivity index (χ2n) is 4.23. The van der Waals surface area contributed by atoms with Gasteiger partial charge >= 0.3 is 6.03 Å². The number of nitrogens with one attached hydrogen (secondary N) is 1. The quantitative estimate of drug-likeness (QED) is 0.728. The van der Waals surface area contributed by atoms with Crippen LogP contribution in [-0.2, 0) is 11.2 Å². The summed E-state index contributed by atoms with van der Waals surface area (Å²) < 4.78 is 4.98. The molecule has 0 fully saturated rings. The number of carbonyl (C=O) groups excluding carboxylic acids is 1. The first-order valence-electron chi connectivity index (χ1n) is 6.69. The van der Waals surface area contributed by atoms with E-state index >= 15 is 0 Å². The maximum atomic E-state index is 11.8. The van der Waals surface area contributed by atoms with E-state index in [-0.39, 0.29) is 6.03 Å². The number of pyridine rings is 1. The van der Waals surface area contributed by atoms with Crippen LogP contribution in [0.5, 0.6) is 0 Å². The van der Waals surface area contributed by atoms with Gasteiger partial charge in [-0.2, -0.15) is 0 Å². The van der Waals surface area contributed by atoms with Gasteiger partial charge in [0.2, 0.25) is 0 Å². The molecule has 0 radical (unpaired) electrons. The first kappa shape index (κ1) is 15.4. The smallest absolute Gasteiger partial charge is 0.317 e. The molecule has 1 aromatic rings. The fourth-order valence-corrected chi connectivity index (χ4v) is 1.73. The van der Waals surface area contributed by atoms with Crippen molar-refractivity contribution < 1.29 is 9.53 Å². The predicted octanol–water partition coefficient (Wildman–Crippen LogP) is 1.69. The summed E-state index contributed by atoms with van der Waals surface area (Å²) in [7, 11) is 1.64. The van der Waals surface area contributed by atoms with Crippen molar-refractivity contribution in [3.63, 3.8) is 0 Å². The minimum Gasteiger partial charge on any atom is -0.383 e. The number of amides is 2. The fraction of sp³-hybridized carbons (Fsp3) is 0.571. The standard InChI is InChI=1S/C14H23N3O2/c1-3-17(11-12-19-2)14(18)16-10-6-8-13-7-4-5-9-15-13/h4-5,7,9H,3,6,8,10-12H2,1-2H3,(H,16,18). The summed E-state index contributed by atoms with van der Waals surface area (Å²) in [6, 6.07) is 5.85. The van der Waals surface area contributed by atoms with Crippen LogP contribution >= 0.6 is 0 Å². The van der Waals surface area contributed by atoms with Crippen LogP contribution in [-0.4, -0.2) is 49.3 Å². The van der Waals surface area contributed by atoms with Crippen LogP contribution in [0.25, 0.3) is 0 Å². The van der Waals surface area contributed by atoms with E-state index in [0.717, 1.165) is 18.5 Å². The summed E-state index contributed by atoms with van der Waals surface area (Å²) >= 11 is 0. The number of rotatable bonds is 8. The molecule has 0 aromatic carbocycles. The number of aryl methyl sites for hydroxylation is 1. The van der Waals surface area contributed by atoms with E-state index in [1.54, 1.807) is 18.2 Å². The molecular formula is C14H23N3O2. The van der Waals surface area contributed by atoms with E-state index in [9.17, 15) is 4.79 Å². The average molecular weight is 265 g/mol. The summed E-state index contributed by atoms with van der Waals surface area (Å²) in [6.45, 7) is 4.51. The van der Waals surface area contributed by atoms with Crippen molar-refractivity contribution in [2.75, 3.05) is 33.4 Å². The van der Waals surface area contributed by atoms with Crippen LogP contribution in [0.4, 0.5) is 4.79 Å². The Morgan fingerprint density at radius 2 is 2.32 bits per heavy atom. The van der Waals surface area contributed by atoms with Gasteiger partial charge in [0.15, 0.2) is 0 Å². The molecule has 1 N–H and O–H groups in total. The van der Waals surface area contributed by atoms with Gasteiger partial charge in [-0.3, -0.25) is 4.98 Å². The summed E-state index contributed by atoms with van der Waals surface area (Å²) in [5, 5.41) is 2.92. The van der Waals surface area contributed by atoms with Crippen molar-refractivity contribution in [3.8, 4) is 0 Å². The van der Waals surface area contributed by atoms with E-state index in [1.165, 1.54) is 0 Å². The lowest BCUT2D eigenvalue weighted by Crippen LogP contribution is -2.41. The summed E-state index contributed by atoms with van der Waals surface area (Å²) in [5.41, 5.74) is 1.06. The highest BCUT2D eigenvalue weighted by molar-refractivity contribution is 5.74. The van der Waals surface area contributed by atoms with Gasteiger partial charge in [-0.1, -0.05) is 6.07 Å². The predicted molar refractivity (Wildman–Crippen MR) is 75.1 cm³/mol. The summed E-state index contributed by atoms with van der Waals surface area (Å²) in [6.07, 6.45) is 3.56. The molecule has 0 aliphatic rings. The highest BCUT2D eigenvalue weighted by atomic mass is 16.5. The Morgan fingerprint density at radius 3 is 2.95 bits per heavy atom. The number of hydrogen-bond donors (Lipinski definition) is 1. The highest BCUT2D eigenvalue weighted by Crippen LogP contribution is 1.97. The molecule has 19 heavy (non-hydrogen) atoms. The van der Waals surface area contributed by atoms with Crippen LogP contribution in [0.1, 0.15) is 19.0 Å². The third-order valence-corrected chi connectivity index (χ3v) is 2.85. The molecule has 106 valence electrons. The Labute approximate surface area is 115 Å². The maximum Gasteiger partial charge on any atom is 0.317 e. The Kier molecular flexibility index (Phi) is 7.58. The third kappa shape index (κ3) is 6.20. The molecule has 0 atom stereocenters. The summed E-state index contributed by atoms with van der Waals surface area (Å²) in [4.78, 5) is 17.8. The monoisotopic (exact) mass is 265 g/mol. The van der Waals surface area contributed by atoms with Crippen LogP contribution in [0, 0.1) is 0 Å². The van der Waals surface area contributed by atoms with Crippen molar-refractivity contribution in [1.29, 1.82) is 0 Å². The van der Waals surface area contributed by atoms with E-state index in [2.05, 4.69) is 10.3 Å². The molecule has 5 nitrogen and oxygen atoms in total. The number of hydrogen-bond acceptors (Lipinski definition) is 3. The number of methoxy groups -OCH3 is 1. The number of urea groups is 1. The zero-order chi connectivity index (χ0) is 13.9. The highest BCUT2D eigenvalue weighted by Gasteiger charge is 2.09. The number of carbonyl (C=O) groups is 1. The van der Waals surface area contributed by atoms with Gasteiger partial charge in [0.25, 0.3) is 0 Å². The molecule has 1 aromatic heterocycles. The van der Waals surface area contributed by atoms with Gasteiger partial charge < -0.3 is 15.0 Å². The van der Waals surface area contributed by atoms with Crippen LogP contribution in [0.15, 0.2) is 24.4 Å². The molecule has 5 heteroatoms. The van der Waals surface area contributed by atoms with Crippen LogP contribution in [0.2, 0.25) is 0 Å². The number of likely N-dealkylation sites (N-methyl/N-ethyl adjacent to an activating group) is 1. The average Bonchev–Trinajstić information content (AvgIpc) is 2.45. The molecule has 1 rings (SSSR count). The molecule has 0 aliphatic carbocycles. The van der Waals surface area contributed by atoms with E-state index in [0.29, 0.717) is 26.2 Å². The molecule has 0 spiro atoms. The zero-order valence-electron chi connectivity index (χ0n) is 11.8. The second-order valence-corrected chi connectivity index (χ2v) is 4.23. The molecule has 0 saturated heterocycles. The minimum absolute atomic E-state index is 0.0272. The SMILES string of the molecule is CCN(CCOC)C(=O)NCCCc1ccccn1. The molecule has 2 amide bonds. The maximum absolute atomic E-state index is 11.8. The molecule has 0 saturated carbocycles. The molecule has 0 unspecified atom stereocenters. The largest absolute Gasteiger partial charge is 0.383 e. The topological polar surface area (TPSA) is 54.5 Å². The van der Waals surface area contributed by atoms with Crippen molar-refractivity contribution in [1.82, 2.24) is 15.2 Å². The molecular weight excluding hydrogens is 242 g/mol. The van der Waals surface area contributed by atoms with Gasteiger partial charge in [-0.25, -0.2) is 4.79 Å². The van der Waals surface area contributed by atoms with Crippen molar-refractivity contribution in [3.05, 3.63) is 30.1 Å². The van der Waals surface area contributed by atoms with Crippen molar-refractivity contribution in [2.24, 2.45) is 0 Å². The first-order chi connectivity index (χ1) is 9.27. The van der Waals surface area contributed by atoms with Crippen LogP contribution < -0.4 is 5.32 Å². The van der Waals surface area contributed by atoms with Gasteiger partial charge in [-0.05, 0) is 31.9 Å². The second kappa shape index (κ2) is 9.33. The molecule has 0 bridgehead atoms. The Balaban J connectivity index is 2.19. The zero-order valence-corrected chi connectivity index (χ0v) is 11.8. The molecule has 1 heterocycles. The first-order valence-corrected chi connectivity index (χ1v) is 6.69. The lowest BCUT2D eigenvalue weighted by Gasteiger charge is -2.20. The van der Waals surface area contributed by atoms with E-state index < -0.39 is 0 Å². The number of nitrogens with zero attached hydrogens (tertiary/aromatic N) is 2. The van der Waals surface area contributed by atoms with Crippen molar-refractivity contribution >= 4 is 6.03 Å². The van der Waals surface area contributed by atoms with E-state index in [1.807, 2.05) is 25.1 Å². The van der Waals surface area contributed by atoms with Gasteiger partial charge in [0, 0.05) is 38.6 Å². The number of ether oxygens (including phenoxy) is 1. The van der Waals surface area contributed by atoms with Gasteiger partial charge in [-0.15, -0.1) is 0 Å². The summed E-state index contributed by atoms with van der Waals surface area (Å²) in [5.74, 6) is 0. The lowest BCUT2D eigenvalue weighted by molar-refractivity contribution is 0.151. The number of aromatic nitrogens is 1. The normalized spacial score (nSPS) is 10.2. The minimum atomic E-state index is -0.0272. The van der Waals surface area contributed by atoms with Crippen LogP contribution in [0.3, 0.4) is 0 Å². The lowest BCUT2D eigenvalue weighted by atomic mass is 10.2. The Morgan fingerprint density at radius 1 is 1.47 bits per heavy atom.